The molecule has 0 saturated carbocycles. The molecule has 0 heterocycles. The van der Waals surface area contributed by atoms with E-state index >= 15 is 0 Å². The summed E-state index contributed by atoms with van der Waals surface area (Å²) in [4.78, 5) is 0. The third-order valence-corrected chi connectivity index (χ3v) is 8.83. The molecule has 0 nitrogen and oxygen atoms in total. The molecule has 0 bridgehead atoms. The van der Waals surface area contributed by atoms with Gasteiger partial charge in [0.15, 0.2) is 0 Å². The Kier molecular flexibility index (Phi) is 4.67. The Morgan fingerprint density at radius 3 is 2.00 bits per heavy atom. The molecule has 0 fully saturated rings. The minimum absolute atomic E-state index is 0.0778. The molecule has 0 aliphatic heterocycles. The minimum atomic E-state index is -0.0778. The lowest BCUT2D eigenvalue weighted by atomic mass is 9.79. The Balaban J connectivity index is 1.30. The van der Waals surface area contributed by atoms with Crippen molar-refractivity contribution in [2.24, 2.45) is 0 Å². The van der Waals surface area contributed by atoms with Crippen molar-refractivity contribution in [1.29, 1.82) is 0 Å². The van der Waals surface area contributed by atoms with Gasteiger partial charge in [0.05, 0.1) is 0 Å². The van der Waals surface area contributed by atoms with Crippen molar-refractivity contribution in [3.05, 3.63) is 145 Å². The highest BCUT2D eigenvalue weighted by Crippen LogP contribution is 2.52. The smallest absolute Gasteiger partial charge is 0.0165 e. The van der Waals surface area contributed by atoms with Gasteiger partial charge in [0.2, 0.25) is 0 Å². The lowest BCUT2D eigenvalue weighted by Crippen LogP contribution is -2.15. The molecule has 7 aromatic rings. The van der Waals surface area contributed by atoms with Gasteiger partial charge in [-0.2, -0.15) is 0 Å². The Hall–Kier alpha value is -4.68. The van der Waals surface area contributed by atoms with Crippen molar-refractivity contribution in [1.82, 2.24) is 0 Å². The first-order chi connectivity index (χ1) is 19.1. The summed E-state index contributed by atoms with van der Waals surface area (Å²) in [6.07, 6.45) is 0. The summed E-state index contributed by atoms with van der Waals surface area (Å²) in [7, 11) is 0. The normalized spacial score (nSPS) is 13.6. The molecule has 1 aliphatic rings. The zero-order valence-corrected chi connectivity index (χ0v) is 22.2. The van der Waals surface area contributed by atoms with E-state index in [2.05, 4.69) is 147 Å². The van der Waals surface area contributed by atoms with Crippen LogP contribution in [0.2, 0.25) is 0 Å². The highest BCUT2D eigenvalue weighted by atomic mass is 14.4. The fourth-order valence-electron chi connectivity index (χ4n) is 6.93. The van der Waals surface area contributed by atoms with E-state index in [1.165, 1.54) is 76.8 Å². The van der Waals surface area contributed by atoms with Gasteiger partial charge in [0, 0.05) is 5.41 Å². The first kappa shape index (κ1) is 22.3. The van der Waals surface area contributed by atoms with Crippen LogP contribution in [0.1, 0.15) is 25.0 Å². The Labute approximate surface area is 229 Å². The molecule has 0 N–H and O–H groups in total. The lowest BCUT2D eigenvalue weighted by molar-refractivity contribution is 0.666. The molecule has 0 spiro atoms. The predicted octanol–water partition coefficient (Wildman–Crippen LogP) is 10.8. The topological polar surface area (TPSA) is 0 Å². The largest absolute Gasteiger partial charge is 0.0622 e. The summed E-state index contributed by atoms with van der Waals surface area (Å²) < 4.78 is 0. The van der Waals surface area contributed by atoms with E-state index in [0.29, 0.717) is 0 Å². The number of hydrogen-bond acceptors (Lipinski definition) is 0. The number of benzene rings is 7. The maximum atomic E-state index is 2.41. The maximum absolute atomic E-state index is 2.41. The van der Waals surface area contributed by atoms with Crippen molar-refractivity contribution < 1.29 is 0 Å². The monoisotopic (exact) mass is 496 g/mol. The van der Waals surface area contributed by atoms with Crippen molar-refractivity contribution in [3.8, 4) is 33.4 Å². The molecule has 39 heavy (non-hydrogen) atoms. The van der Waals surface area contributed by atoms with E-state index < -0.39 is 0 Å². The van der Waals surface area contributed by atoms with E-state index in [1.807, 2.05) is 0 Å². The first-order valence-electron chi connectivity index (χ1n) is 13.8. The third-order valence-electron chi connectivity index (χ3n) is 8.83. The molecule has 184 valence electrons. The van der Waals surface area contributed by atoms with Gasteiger partial charge in [-0.15, -0.1) is 0 Å². The van der Waals surface area contributed by atoms with Gasteiger partial charge in [0.25, 0.3) is 0 Å². The lowest BCUT2D eigenvalue weighted by Gasteiger charge is -2.24. The number of rotatable bonds is 2. The van der Waals surface area contributed by atoms with Crippen LogP contribution >= 0.6 is 0 Å². The quantitative estimate of drug-likeness (QED) is 0.209. The second-order valence-corrected chi connectivity index (χ2v) is 11.4. The Morgan fingerprint density at radius 2 is 1.10 bits per heavy atom. The van der Waals surface area contributed by atoms with E-state index in [1.54, 1.807) is 0 Å². The molecule has 7 aromatic carbocycles. The molecule has 0 aromatic heterocycles. The molecule has 8 rings (SSSR count). The molecule has 0 unspecified atom stereocenters. The van der Waals surface area contributed by atoms with Gasteiger partial charge >= 0.3 is 0 Å². The van der Waals surface area contributed by atoms with Crippen molar-refractivity contribution >= 4 is 32.3 Å². The molecule has 0 amide bonds. The highest BCUT2D eigenvalue weighted by Gasteiger charge is 2.37. The van der Waals surface area contributed by atoms with Crippen molar-refractivity contribution in [3.63, 3.8) is 0 Å². The van der Waals surface area contributed by atoms with Crippen LogP contribution in [-0.2, 0) is 5.41 Å². The predicted molar refractivity (Wildman–Crippen MR) is 167 cm³/mol. The molecule has 0 atom stereocenters. The van der Waals surface area contributed by atoms with Crippen molar-refractivity contribution in [2.75, 3.05) is 0 Å². The third kappa shape index (κ3) is 3.25. The van der Waals surface area contributed by atoms with Gasteiger partial charge in [0.1, 0.15) is 0 Å². The second-order valence-electron chi connectivity index (χ2n) is 11.4. The Bertz CT molecular complexity index is 2070. The molecular weight excluding hydrogens is 468 g/mol. The number of fused-ring (bicyclic) bond motifs is 8. The van der Waals surface area contributed by atoms with Gasteiger partial charge < -0.3 is 0 Å². The van der Waals surface area contributed by atoms with Gasteiger partial charge in [-0.1, -0.05) is 135 Å². The minimum Gasteiger partial charge on any atom is -0.0622 e. The van der Waals surface area contributed by atoms with Crippen LogP contribution in [0.3, 0.4) is 0 Å². The highest BCUT2D eigenvalue weighted by molar-refractivity contribution is 6.12. The van der Waals surface area contributed by atoms with Gasteiger partial charge in [-0.3, -0.25) is 0 Å². The van der Waals surface area contributed by atoms with E-state index in [4.69, 9.17) is 0 Å². The summed E-state index contributed by atoms with van der Waals surface area (Å²) in [5, 5.41) is 7.87. The summed E-state index contributed by atoms with van der Waals surface area (Å²) in [6, 6.07) is 49.3. The van der Waals surface area contributed by atoms with E-state index in [9.17, 15) is 0 Å². The SMILES string of the molecule is CC1(C)c2cc(-c3ccccc3)ccc2-c2ccc3c(ccc4cc(-c5cccc6ccccc56)ccc43)c21. The molecule has 0 radical (unpaired) electrons. The molecular formula is C39H28. The van der Waals surface area contributed by atoms with Crippen LogP contribution in [0.4, 0.5) is 0 Å². The fraction of sp³-hybridized carbons (Fsp3) is 0.0769. The zero-order chi connectivity index (χ0) is 26.1. The average molecular weight is 497 g/mol. The summed E-state index contributed by atoms with van der Waals surface area (Å²) in [5.74, 6) is 0. The number of hydrogen-bond donors (Lipinski definition) is 0. The Morgan fingerprint density at radius 1 is 0.385 bits per heavy atom. The van der Waals surface area contributed by atoms with Gasteiger partial charge in [-0.25, -0.2) is 0 Å². The van der Waals surface area contributed by atoms with Gasteiger partial charge in [-0.05, 0) is 89.0 Å². The van der Waals surface area contributed by atoms with E-state index in [-0.39, 0.29) is 5.41 Å². The molecule has 1 aliphatic carbocycles. The van der Waals surface area contributed by atoms with Crippen LogP contribution in [0.15, 0.2) is 133 Å². The summed E-state index contributed by atoms with van der Waals surface area (Å²) in [5.41, 5.74) is 10.6. The van der Waals surface area contributed by atoms with Crippen LogP contribution in [0.5, 0.6) is 0 Å². The summed E-state index contributed by atoms with van der Waals surface area (Å²) >= 11 is 0. The second kappa shape index (κ2) is 8.16. The van der Waals surface area contributed by atoms with Crippen LogP contribution in [0, 0.1) is 0 Å². The van der Waals surface area contributed by atoms with Crippen LogP contribution in [0.25, 0.3) is 65.7 Å². The van der Waals surface area contributed by atoms with E-state index in [0.717, 1.165) is 0 Å². The first-order valence-corrected chi connectivity index (χ1v) is 13.8. The standard InChI is InChI=1S/C39H28/c1-39(2)37-24-27(25-9-4-3-5-10-25)15-19-34(37)36-22-21-33-32-18-16-28(23-29(32)17-20-35(33)38(36)39)31-14-8-12-26-11-6-7-13-30(26)31/h3-24H,1-2H3. The maximum Gasteiger partial charge on any atom is 0.0165 e. The summed E-state index contributed by atoms with van der Waals surface area (Å²) in [6.45, 7) is 4.78. The zero-order valence-electron chi connectivity index (χ0n) is 22.2. The molecule has 0 saturated heterocycles. The van der Waals surface area contributed by atoms with Crippen LogP contribution in [-0.4, -0.2) is 0 Å². The fourth-order valence-corrected chi connectivity index (χ4v) is 6.93. The van der Waals surface area contributed by atoms with Crippen molar-refractivity contribution in [2.45, 2.75) is 19.3 Å². The molecule has 0 heteroatoms. The van der Waals surface area contributed by atoms with Crippen LogP contribution < -0.4 is 0 Å². The average Bonchev–Trinajstić information content (AvgIpc) is 3.23.